The number of aromatic nitrogens is 3. The van der Waals surface area contributed by atoms with Gasteiger partial charge < -0.3 is 24.4 Å². The standard InChI is InChI=1S/C23H32FN5O3/c1-29-13-11-18(12-14-29)32-23-27-21(25-16-9-10-20(30-2)19(24)15-16)26-22(28-23)31-17-7-5-3-4-6-8-17/h9-10,15,17-18H,3-8,11-14H2,1-2H3,(H,25,26,27,28). The van der Waals surface area contributed by atoms with E-state index in [-0.39, 0.29) is 35.9 Å². The number of rotatable bonds is 7. The Morgan fingerprint density at radius 2 is 1.53 bits per heavy atom. The van der Waals surface area contributed by atoms with Gasteiger partial charge in [0.05, 0.1) is 7.11 Å². The van der Waals surface area contributed by atoms with Crippen LogP contribution in [0.4, 0.5) is 16.0 Å². The molecule has 32 heavy (non-hydrogen) atoms. The topological polar surface area (TPSA) is 81.6 Å². The summed E-state index contributed by atoms with van der Waals surface area (Å²) in [5, 5.41) is 3.04. The van der Waals surface area contributed by atoms with E-state index in [2.05, 4.69) is 32.2 Å². The first-order valence-corrected chi connectivity index (χ1v) is 11.5. The number of nitrogens with zero attached hydrogens (tertiary/aromatic N) is 4. The normalized spacial score (nSPS) is 18.7. The third-order valence-corrected chi connectivity index (χ3v) is 6.01. The number of halogens is 1. The lowest BCUT2D eigenvalue weighted by atomic mass is 10.1. The van der Waals surface area contributed by atoms with Crippen LogP contribution in [-0.4, -0.2) is 59.3 Å². The van der Waals surface area contributed by atoms with E-state index in [0.717, 1.165) is 51.6 Å². The zero-order chi connectivity index (χ0) is 22.3. The molecule has 0 bridgehead atoms. The molecular weight excluding hydrogens is 413 g/mol. The molecular formula is C23H32FN5O3. The van der Waals surface area contributed by atoms with Crippen molar-refractivity contribution in [3.8, 4) is 17.8 Å². The van der Waals surface area contributed by atoms with Crippen LogP contribution in [0, 0.1) is 5.82 Å². The van der Waals surface area contributed by atoms with E-state index >= 15 is 0 Å². The predicted octanol–water partition coefficient (Wildman–Crippen LogP) is 4.34. The predicted molar refractivity (Wildman–Crippen MR) is 119 cm³/mol. The van der Waals surface area contributed by atoms with Crippen LogP contribution in [0.1, 0.15) is 51.4 Å². The van der Waals surface area contributed by atoms with Crippen molar-refractivity contribution in [3.63, 3.8) is 0 Å². The summed E-state index contributed by atoms with van der Waals surface area (Å²) in [5.41, 5.74) is 0.500. The fourth-order valence-corrected chi connectivity index (χ4v) is 4.13. The maximum Gasteiger partial charge on any atom is 0.324 e. The fraction of sp³-hybridized carbons (Fsp3) is 0.609. The van der Waals surface area contributed by atoms with Gasteiger partial charge in [-0.05, 0) is 57.7 Å². The van der Waals surface area contributed by atoms with Gasteiger partial charge in [-0.1, -0.05) is 12.8 Å². The van der Waals surface area contributed by atoms with Crippen LogP contribution in [0.3, 0.4) is 0 Å². The second-order valence-electron chi connectivity index (χ2n) is 8.55. The number of hydrogen-bond acceptors (Lipinski definition) is 8. The molecule has 2 heterocycles. The Labute approximate surface area is 188 Å². The highest BCUT2D eigenvalue weighted by Crippen LogP contribution is 2.26. The Balaban J connectivity index is 1.53. The van der Waals surface area contributed by atoms with Gasteiger partial charge in [-0.15, -0.1) is 4.98 Å². The Kier molecular flexibility index (Phi) is 7.57. The molecule has 0 unspecified atom stereocenters. The van der Waals surface area contributed by atoms with Gasteiger partial charge in [-0.25, -0.2) is 4.39 Å². The lowest BCUT2D eigenvalue weighted by molar-refractivity contribution is 0.101. The lowest BCUT2D eigenvalue weighted by Gasteiger charge is -2.28. The molecule has 1 aromatic heterocycles. The van der Waals surface area contributed by atoms with Crippen molar-refractivity contribution in [1.29, 1.82) is 0 Å². The fourth-order valence-electron chi connectivity index (χ4n) is 4.13. The number of benzene rings is 1. The number of ether oxygens (including phenoxy) is 3. The number of piperidine rings is 1. The van der Waals surface area contributed by atoms with E-state index in [0.29, 0.717) is 5.69 Å². The number of nitrogens with one attached hydrogen (secondary N) is 1. The molecule has 1 aliphatic carbocycles. The molecule has 0 spiro atoms. The zero-order valence-corrected chi connectivity index (χ0v) is 18.8. The second-order valence-corrected chi connectivity index (χ2v) is 8.55. The molecule has 0 amide bonds. The Morgan fingerprint density at radius 1 is 0.906 bits per heavy atom. The van der Waals surface area contributed by atoms with E-state index in [1.54, 1.807) is 12.1 Å². The molecule has 4 rings (SSSR count). The summed E-state index contributed by atoms with van der Waals surface area (Å²) in [6, 6.07) is 5.07. The van der Waals surface area contributed by atoms with Crippen LogP contribution in [0.2, 0.25) is 0 Å². The highest BCUT2D eigenvalue weighted by atomic mass is 19.1. The molecule has 9 heteroatoms. The highest BCUT2D eigenvalue weighted by molar-refractivity contribution is 5.55. The SMILES string of the molecule is COc1ccc(Nc2nc(OC3CCCCCC3)nc(OC3CCN(C)CC3)n2)cc1F. The van der Waals surface area contributed by atoms with E-state index in [9.17, 15) is 4.39 Å². The van der Waals surface area contributed by atoms with Gasteiger partial charge in [0.1, 0.15) is 12.2 Å². The van der Waals surface area contributed by atoms with Gasteiger partial charge in [-0.3, -0.25) is 0 Å². The number of likely N-dealkylation sites (tertiary alicyclic amines) is 1. The Morgan fingerprint density at radius 3 is 2.12 bits per heavy atom. The largest absolute Gasteiger partial charge is 0.494 e. The molecule has 1 saturated heterocycles. The van der Waals surface area contributed by atoms with Gasteiger partial charge in [0.15, 0.2) is 11.6 Å². The first-order chi connectivity index (χ1) is 15.6. The summed E-state index contributed by atoms with van der Waals surface area (Å²) in [6.07, 6.45) is 8.69. The first kappa shape index (κ1) is 22.5. The minimum absolute atomic E-state index is 0.0469. The summed E-state index contributed by atoms with van der Waals surface area (Å²) in [4.78, 5) is 15.6. The molecule has 1 N–H and O–H groups in total. The molecule has 0 radical (unpaired) electrons. The van der Waals surface area contributed by atoms with Crippen molar-refractivity contribution >= 4 is 11.6 Å². The van der Waals surface area contributed by atoms with Gasteiger partial charge in [-0.2, -0.15) is 9.97 Å². The third kappa shape index (κ3) is 6.18. The summed E-state index contributed by atoms with van der Waals surface area (Å²) >= 11 is 0. The summed E-state index contributed by atoms with van der Waals surface area (Å²) in [6.45, 7) is 1.94. The van der Waals surface area contributed by atoms with E-state index in [1.807, 2.05) is 0 Å². The molecule has 174 valence electrons. The van der Waals surface area contributed by atoms with Crippen LogP contribution in [0.25, 0.3) is 0 Å². The summed E-state index contributed by atoms with van der Waals surface area (Å²) < 4.78 is 31.3. The van der Waals surface area contributed by atoms with Gasteiger partial charge in [0.25, 0.3) is 0 Å². The summed E-state index contributed by atoms with van der Waals surface area (Å²) in [7, 11) is 3.54. The molecule has 1 aliphatic heterocycles. The van der Waals surface area contributed by atoms with Crippen LogP contribution < -0.4 is 19.5 Å². The maximum absolute atomic E-state index is 14.1. The molecule has 2 aromatic rings. The molecule has 0 atom stereocenters. The maximum atomic E-state index is 14.1. The van der Waals surface area contributed by atoms with E-state index < -0.39 is 5.82 Å². The van der Waals surface area contributed by atoms with Gasteiger partial charge in [0, 0.05) is 24.8 Å². The van der Waals surface area contributed by atoms with Gasteiger partial charge >= 0.3 is 12.0 Å². The molecule has 1 aromatic carbocycles. The lowest BCUT2D eigenvalue weighted by Crippen LogP contribution is -2.36. The molecule has 2 aliphatic rings. The minimum atomic E-state index is -0.468. The van der Waals surface area contributed by atoms with Crippen molar-refractivity contribution < 1.29 is 18.6 Å². The van der Waals surface area contributed by atoms with Crippen LogP contribution >= 0.6 is 0 Å². The first-order valence-electron chi connectivity index (χ1n) is 11.5. The van der Waals surface area contributed by atoms with Crippen molar-refractivity contribution in [2.45, 2.75) is 63.6 Å². The van der Waals surface area contributed by atoms with Crippen LogP contribution in [0.15, 0.2) is 18.2 Å². The number of hydrogen-bond donors (Lipinski definition) is 1. The number of methoxy groups -OCH3 is 1. The average Bonchev–Trinajstić information content (AvgIpc) is 3.04. The van der Waals surface area contributed by atoms with Crippen molar-refractivity contribution in [3.05, 3.63) is 24.0 Å². The summed E-state index contributed by atoms with van der Waals surface area (Å²) in [5.74, 6) is -0.0322. The van der Waals surface area contributed by atoms with Gasteiger partial charge in [0.2, 0.25) is 5.95 Å². The smallest absolute Gasteiger partial charge is 0.324 e. The monoisotopic (exact) mass is 445 g/mol. The Hall–Kier alpha value is -2.68. The zero-order valence-electron chi connectivity index (χ0n) is 18.8. The second kappa shape index (κ2) is 10.8. The molecule has 8 nitrogen and oxygen atoms in total. The van der Waals surface area contributed by atoms with Crippen LogP contribution in [-0.2, 0) is 0 Å². The Bertz CT molecular complexity index is 884. The molecule has 1 saturated carbocycles. The molecule has 2 fully saturated rings. The number of anilines is 2. The van der Waals surface area contributed by atoms with Crippen LogP contribution in [0.5, 0.6) is 17.8 Å². The quantitative estimate of drug-likeness (QED) is 0.631. The van der Waals surface area contributed by atoms with Crippen molar-refractivity contribution in [2.24, 2.45) is 0 Å². The van der Waals surface area contributed by atoms with Crippen molar-refractivity contribution in [1.82, 2.24) is 19.9 Å². The minimum Gasteiger partial charge on any atom is -0.494 e. The van der Waals surface area contributed by atoms with Crippen molar-refractivity contribution in [2.75, 3.05) is 32.6 Å². The highest BCUT2D eigenvalue weighted by Gasteiger charge is 2.22. The van der Waals surface area contributed by atoms with E-state index in [1.165, 1.54) is 26.0 Å². The third-order valence-electron chi connectivity index (χ3n) is 6.01. The van der Waals surface area contributed by atoms with E-state index in [4.69, 9.17) is 14.2 Å². The average molecular weight is 446 g/mol.